The van der Waals surface area contributed by atoms with Crippen LogP contribution < -0.4 is 10.5 Å². The number of hydrogen-bond acceptors (Lipinski definition) is 4. The second-order valence-corrected chi connectivity index (χ2v) is 8.19. The van der Waals surface area contributed by atoms with Crippen molar-refractivity contribution in [1.82, 2.24) is 4.31 Å². The van der Waals surface area contributed by atoms with Gasteiger partial charge < -0.3 is 10.5 Å². The zero-order chi connectivity index (χ0) is 17.0. The first-order valence-corrected chi connectivity index (χ1v) is 9.27. The molecule has 0 aliphatic carbocycles. The number of carbonyl (C=O) groups excluding carboxylic acids is 1. The molecule has 6 nitrogen and oxygen atoms in total. The number of nitrogens with two attached hydrogens (primary N) is 1. The van der Waals surface area contributed by atoms with Crippen molar-refractivity contribution in [3.8, 4) is 5.75 Å². The molecule has 0 bridgehead atoms. The van der Waals surface area contributed by atoms with Crippen molar-refractivity contribution in [3.05, 3.63) is 24.3 Å². The number of hydrogen-bond donors (Lipinski definition) is 1. The summed E-state index contributed by atoms with van der Waals surface area (Å²) in [4.78, 5) is 11.4. The minimum absolute atomic E-state index is 0.228. The fourth-order valence-corrected chi connectivity index (χ4v) is 3.97. The molecule has 0 atom stereocenters. The molecule has 1 amide bonds. The summed E-state index contributed by atoms with van der Waals surface area (Å²) in [5.41, 5.74) is 5.28. The Labute approximate surface area is 137 Å². The fraction of sp³-hybridized carbons (Fsp3) is 0.562. The van der Waals surface area contributed by atoms with Crippen molar-refractivity contribution >= 4 is 15.9 Å². The van der Waals surface area contributed by atoms with E-state index < -0.39 is 10.0 Å². The minimum atomic E-state index is -3.53. The molecule has 1 aliphatic heterocycles. The molecule has 23 heavy (non-hydrogen) atoms. The standard InChI is InChI=1S/C16H24N2O4S/c1-12(2)11-22-14-3-5-15(6-4-14)23(20,21)18-9-7-13(8-10-18)16(17)19/h3-6,12-13H,7-11H2,1-2H3,(H2,17,19). The minimum Gasteiger partial charge on any atom is -0.493 e. The maximum Gasteiger partial charge on any atom is 0.243 e. The van der Waals surface area contributed by atoms with Gasteiger partial charge >= 0.3 is 0 Å². The molecule has 0 radical (unpaired) electrons. The van der Waals surface area contributed by atoms with E-state index in [9.17, 15) is 13.2 Å². The van der Waals surface area contributed by atoms with Gasteiger partial charge in [0.05, 0.1) is 11.5 Å². The van der Waals surface area contributed by atoms with E-state index in [-0.39, 0.29) is 16.7 Å². The summed E-state index contributed by atoms with van der Waals surface area (Å²) in [5.74, 6) is 0.483. The molecule has 0 spiro atoms. The highest BCUT2D eigenvalue weighted by molar-refractivity contribution is 7.89. The number of nitrogens with zero attached hydrogens (tertiary/aromatic N) is 1. The quantitative estimate of drug-likeness (QED) is 0.852. The summed E-state index contributed by atoms with van der Waals surface area (Å²) in [6, 6.07) is 6.47. The van der Waals surface area contributed by atoms with E-state index in [2.05, 4.69) is 13.8 Å². The van der Waals surface area contributed by atoms with Crippen LogP contribution in [-0.4, -0.2) is 38.3 Å². The Bertz CT molecular complexity index is 633. The average Bonchev–Trinajstić information content (AvgIpc) is 2.53. The van der Waals surface area contributed by atoms with Gasteiger partial charge in [-0.2, -0.15) is 4.31 Å². The lowest BCUT2D eigenvalue weighted by Gasteiger charge is -2.29. The number of benzene rings is 1. The molecule has 1 aliphatic rings. The molecule has 128 valence electrons. The van der Waals surface area contributed by atoms with E-state index in [1.165, 1.54) is 4.31 Å². The fourth-order valence-electron chi connectivity index (χ4n) is 2.50. The number of carbonyl (C=O) groups is 1. The maximum atomic E-state index is 12.6. The first-order chi connectivity index (χ1) is 10.8. The number of primary amides is 1. The van der Waals surface area contributed by atoms with Gasteiger partial charge in [-0.1, -0.05) is 13.8 Å². The lowest BCUT2D eigenvalue weighted by Crippen LogP contribution is -2.41. The van der Waals surface area contributed by atoms with E-state index in [4.69, 9.17) is 10.5 Å². The molecule has 1 aromatic rings. The van der Waals surface area contributed by atoms with Crippen molar-refractivity contribution < 1.29 is 17.9 Å². The number of piperidine rings is 1. The molecular formula is C16H24N2O4S. The van der Waals surface area contributed by atoms with Gasteiger partial charge in [-0.05, 0) is 43.0 Å². The van der Waals surface area contributed by atoms with Gasteiger partial charge in [0.1, 0.15) is 5.75 Å². The second-order valence-electron chi connectivity index (χ2n) is 6.26. The van der Waals surface area contributed by atoms with E-state index in [0.717, 1.165) is 0 Å². The van der Waals surface area contributed by atoms with E-state index in [1.54, 1.807) is 24.3 Å². The zero-order valence-electron chi connectivity index (χ0n) is 13.6. The molecule has 2 N–H and O–H groups in total. The maximum absolute atomic E-state index is 12.6. The third kappa shape index (κ3) is 4.45. The molecule has 1 aromatic carbocycles. The molecule has 1 saturated heterocycles. The predicted molar refractivity (Wildman–Crippen MR) is 87.5 cm³/mol. The van der Waals surface area contributed by atoms with Gasteiger partial charge in [-0.15, -0.1) is 0 Å². The van der Waals surface area contributed by atoms with Crippen LogP contribution in [0.4, 0.5) is 0 Å². The van der Waals surface area contributed by atoms with Crippen LogP contribution in [0.25, 0.3) is 0 Å². The first-order valence-electron chi connectivity index (χ1n) is 7.83. The second kappa shape index (κ2) is 7.31. The largest absolute Gasteiger partial charge is 0.493 e. The molecule has 7 heteroatoms. The third-order valence-electron chi connectivity index (χ3n) is 3.90. The normalized spacial score (nSPS) is 17.3. The summed E-state index contributed by atoms with van der Waals surface area (Å²) in [6.45, 7) is 5.33. The van der Waals surface area contributed by atoms with Gasteiger partial charge in [-0.3, -0.25) is 4.79 Å². The molecule has 0 aromatic heterocycles. The van der Waals surface area contributed by atoms with Crippen LogP contribution in [0.2, 0.25) is 0 Å². The van der Waals surface area contributed by atoms with E-state index >= 15 is 0 Å². The summed E-state index contributed by atoms with van der Waals surface area (Å²) < 4.78 is 32.2. The Balaban J connectivity index is 2.04. The van der Waals surface area contributed by atoms with E-state index in [1.807, 2.05) is 0 Å². The highest BCUT2D eigenvalue weighted by Gasteiger charge is 2.31. The highest BCUT2D eigenvalue weighted by Crippen LogP contribution is 2.25. The van der Waals surface area contributed by atoms with Gasteiger partial charge in [0.25, 0.3) is 0 Å². The van der Waals surface area contributed by atoms with Crippen LogP contribution in [-0.2, 0) is 14.8 Å². The van der Waals surface area contributed by atoms with Crippen LogP contribution in [0.3, 0.4) is 0 Å². The predicted octanol–water partition coefficient (Wildman–Crippen LogP) is 1.61. The smallest absolute Gasteiger partial charge is 0.243 e. The Hall–Kier alpha value is -1.60. The van der Waals surface area contributed by atoms with Crippen LogP contribution in [0, 0.1) is 11.8 Å². The van der Waals surface area contributed by atoms with E-state index in [0.29, 0.717) is 44.2 Å². The number of sulfonamides is 1. The van der Waals surface area contributed by atoms with Gasteiger partial charge in [0, 0.05) is 19.0 Å². The van der Waals surface area contributed by atoms with Crippen LogP contribution >= 0.6 is 0 Å². The molecule has 0 unspecified atom stereocenters. The molecular weight excluding hydrogens is 316 g/mol. The molecule has 1 fully saturated rings. The van der Waals surface area contributed by atoms with Crippen LogP contribution in [0.5, 0.6) is 5.75 Å². The van der Waals surface area contributed by atoms with Gasteiger partial charge in [0.15, 0.2) is 0 Å². The molecule has 0 saturated carbocycles. The van der Waals surface area contributed by atoms with Crippen LogP contribution in [0.15, 0.2) is 29.2 Å². The van der Waals surface area contributed by atoms with Crippen molar-refractivity contribution in [1.29, 1.82) is 0 Å². The Morgan fingerprint density at radius 3 is 2.30 bits per heavy atom. The Kier molecular flexibility index (Phi) is 5.64. The first kappa shape index (κ1) is 17.7. The lowest BCUT2D eigenvalue weighted by atomic mass is 9.98. The van der Waals surface area contributed by atoms with Crippen LogP contribution in [0.1, 0.15) is 26.7 Å². The lowest BCUT2D eigenvalue weighted by molar-refractivity contribution is -0.122. The molecule has 2 rings (SSSR count). The highest BCUT2D eigenvalue weighted by atomic mass is 32.2. The number of rotatable bonds is 6. The average molecular weight is 340 g/mol. The van der Waals surface area contributed by atoms with Gasteiger partial charge in [-0.25, -0.2) is 8.42 Å². The summed E-state index contributed by atoms with van der Waals surface area (Å²) in [6.07, 6.45) is 0.953. The number of ether oxygens (including phenoxy) is 1. The van der Waals surface area contributed by atoms with Gasteiger partial charge in [0.2, 0.25) is 15.9 Å². The zero-order valence-corrected chi connectivity index (χ0v) is 14.4. The Morgan fingerprint density at radius 2 is 1.83 bits per heavy atom. The summed E-state index contributed by atoms with van der Waals surface area (Å²) in [5, 5.41) is 0. The van der Waals surface area contributed by atoms with Crippen molar-refractivity contribution in [2.24, 2.45) is 17.6 Å². The third-order valence-corrected chi connectivity index (χ3v) is 5.81. The summed E-state index contributed by atoms with van der Waals surface area (Å²) >= 11 is 0. The van der Waals surface area contributed by atoms with Crippen molar-refractivity contribution in [2.45, 2.75) is 31.6 Å². The summed E-state index contributed by atoms with van der Waals surface area (Å²) in [7, 11) is -3.53. The molecule has 1 heterocycles. The number of amides is 1. The van der Waals surface area contributed by atoms with Crippen molar-refractivity contribution in [3.63, 3.8) is 0 Å². The Morgan fingerprint density at radius 1 is 1.26 bits per heavy atom. The monoisotopic (exact) mass is 340 g/mol. The topological polar surface area (TPSA) is 89.7 Å². The van der Waals surface area contributed by atoms with Crippen molar-refractivity contribution in [2.75, 3.05) is 19.7 Å². The SMILES string of the molecule is CC(C)COc1ccc(S(=O)(=O)N2CCC(C(N)=O)CC2)cc1.